The fraction of sp³-hybridized carbons (Fsp3) is 0.880. The Balaban J connectivity index is 0.00000150. The Bertz CT molecular complexity index is 591. The van der Waals surface area contributed by atoms with Crippen molar-refractivity contribution in [1.82, 2.24) is 9.80 Å². The molecule has 0 amide bonds. The summed E-state index contributed by atoms with van der Waals surface area (Å²) in [5, 5.41) is 0. The van der Waals surface area contributed by atoms with Crippen LogP contribution in [0.2, 0.25) is 0 Å². The Morgan fingerprint density at radius 3 is 2.41 bits per heavy atom. The Morgan fingerprint density at radius 2 is 1.79 bits per heavy atom. The van der Waals surface area contributed by atoms with Crippen molar-refractivity contribution < 1.29 is 12.4 Å². The number of allylic oxidation sites excluding steroid dienone is 1. The Kier molecular flexibility index (Phi) is 8.68. The van der Waals surface area contributed by atoms with E-state index in [9.17, 15) is 0 Å². The number of rotatable bonds is 3. The predicted octanol–water partition coefficient (Wildman–Crippen LogP) is 1.74. The maximum Gasteiger partial charge on any atom is 2.00 e. The van der Waals surface area contributed by atoms with Crippen molar-refractivity contribution >= 4 is 23.1 Å². The van der Waals surface area contributed by atoms with E-state index in [1.54, 1.807) is 0 Å². The van der Waals surface area contributed by atoms with E-state index in [-0.39, 0.29) is 35.5 Å². The van der Waals surface area contributed by atoms with Gasteiger partial charge in [-0.05, 0) is 103 Å². The Labute approximate surface area is 203 Å². The second-order valence-corrected chi connectivity index (χ2v) is 11.2. The van der Waals surface area contributed by atoms with Gasteiger partial charge in [0.15, 0.2) is 0 Å². The zero-order valence-corrected chi connectivity index (χ0v) is 22.0. The first-order valence-corrected chi connectivity index (χ1v) is 11.6. The molecule has 0 aromatic carbocycles. The van der Waals surface area contributed by atoms with Crippen LogP contribution in [0.25, 0.3) is 0 Å². The third kappa shape index (κ3) is 4.34. The van der Waals surface area contributed by atoms with Crippen LogP contribution >= 0.6 is 0 Å². The van der Waals surface area contributed by atoms with E-state index >= 15 is 0 Å². The van der Waals surface area contributed by atoms with Gasteiger partial charge in [0.2, 0.25) is 0 Å². The number of fused-ring (bicyclic) bond motifs is 5. The van der Waals surface area contributed by atoms with Gasteiger partial charge < -0.3 is 29.1 Å². The van der Waals surface area contributed by atoms with Gasteiger partial charge in [0, 0.05) is 12.1 Å². The fourth-order valence-electron chi connectivity index (χ4n) is 7.97. The van der Waals surface area contributed by atoms with Crippen LogP contribution in [0, 0.1) is 47.8 Å². The van der Waals surface area contributed by atoms with Gasteiger partial charge in [-0.15, -0.1) is 0 Å². The molecule has 4 rings (SSSR count). The molecule has 0 aromatic rings. The minimum Gasteiger partial charge on any atom is -1.00 e. The quantitative estimate of drug-likeness (QED) is 0.382. The maximum atomic E-state index is 4.72. The summed E-state index contributed by atoms with van der Waals surface area (Å²) in [6.07, 6.45) is 12.4. The predicted molar refractivity (Wildman–Crippen MR) is 121 cm³/mol. The molecule has 4 heteroatoms. The molecule has 4 aliphatic carbocycles. The van der Waals surface area contributed by atoms with Crippen LogP contribution in [0.5, 0.6) is 0 Å². The molecular formula is C25H43ClMgN2. The van der Waals surface area contributed by atoms with Crippen LogP contribution in [0.1, 0.15) is 58.8 Å². The smallest absolute Gasteiger partial charge is 1.00 e. The van der Waals surface area contributed by atoms with Crippen molar-refractivity contribution in [3.8, 4) is 0 Å². The monoisotopic (exact) mass is 430 g/mol. The van der Waals surface area contributed by atoms with Crippen LogP contribution in [-0.4, -0.2) is 73.1 Å². The van der Waals surface area contributed by atoms with Gasteiger partial charge in [-0.25, -0.2) is 0 Å². The molecule has 4 aliphatic rings. The van der Waals surface area contributed by atoms with Crippen LogP contribution < -0.4 is 12.4 Å². The number of hydrogen-bond acceptors (Lipinski definition) is 2. The van der Waals surface area contributed by atoms with Gasteiger partial charge in [0.1, 0.15) is 0 Å². The Hall–Kier alpha value is 0.716. The molecule has 0 bridgehead atoms. The molecule has 0 N–H and O–H groups in total. The second kappa shape index (κ2) is 9.69. The van der Waals surface area contributed by atoms with E-state index in [0.717, 1.165) is 35.6 Å². The summed E-state index contributed by atoms with van der Waals surface area (Å²) < 4.78 is 0. The third-order valence-electron chi connectivity index (χ3n) is 9.79. The van der Waals surface area contributed by atoms with Gasteiger partial charge in [0.05, 0.1) is 0 Å². The van der Waals surface area contributed by atoms with E-state index in [4.69, 9.17) is 6.92 Å². The first-order valence-electron chi connectivity index (χ1n) is 11.6. The largest absolute Gasteiger partial charge is 2.00 e. The molecule has 0 aliphatic heterocycles. The molecule has 0 aromatic heterocycles. The molecule has 3 saturated carbocycles. The van der Waals surface area contributed by atoms with Crippen molar-refractivity contribution in [2.24, 2.45) is 40.9 Å². The summed E-state index contributed by atoms with van der Waals surface area (Å²) in [6.45, 7) is 9.81. The summed E-state index contributed by atoms with van der Waals surface area (Å²) in [7, 11) is 9.06. The zero-order valence-electron chi connectivity index (χ0n) is 19.8. The molecule has 3 fully saturated rings. The Morgan fingerprint density at radius 1 is 1.10 bits per heavy atom. The van der Waals surface area contributed by atoms with E-state index in [1.807, 2.05) is 5.57 Å². The number of halogens is 1. The average Bonchev–Trinajstić information content (AvgIpc) is 2.97. The number of nitrogens with zero attached hydrogens (tertiary/aromatic N) is 2. The average molecular weight is 431 g/mol. The van der Waals surface area contributed by atoms with Gasteiger partial charge in [-0.1, -0.05) is 30.9 Å². The SMILES string of the molecule is [CH2-]C1C[C@H](C(C)N(C)C)C2CCC3C(CC=C4CC(N(C)C)CC[C@@]43C)C12.[Cl-].[Mg+2]. The molecule has 162 valence electrons. The van der Waals surface area contributed by atoms with Crippen LogP contribution in [-0.2, 0) is 0 Å². The van der Waals surface area contributed by atoms with Gasteiger partial charge in [0.25, 0.3) is 0 Å². The molecule has 29 heavy (non-hydrogen) atoms. The first kappa shape index (κ1) is 26.0. The van der Waals surface area contributed by atoms with E-state index in [1.165, 1.54) is 44.9 Å². The summed E-state index contributed by atoms with van der Waals surface area (Å²) in [5.41, 5.74) is 2.29. The van der Waals surface area contributed by atoms with Crippen LogP contribution in [0.15, 0.2) is 11.6 Å². The van der Waals surface area contributed by atoms with E-state index < -0.39 is 0 Å². The zero-order chi connectivity index (χ0) is 19.5. The standard InChI is InChI=1S/C25H43N2.ClH.Mg/c1-16-14-22(17(2)26(4)5)20-10-11-23-21(24(16)20)9-8-18-15-19(27(6)7)12-13-25(18,23)3;;/h8,16-17,19-24H,1,9-15H2,2-7H3;1H;/q-1;;+2/p-1/t16?,17?,19?,20?,21?,22-,23?,24?,25+;;/m1../s1. The second-order valence-electron chi connectivity index (χ2n) is 11.2. The fourth-order valence-corrected chi connectivity index (χ4v) is 7.97. The normalized spacial score (nSPS) is 44.7. The van der Waals surface area contributed by atoms with Crippen molar-refractivity contribution in [1.29, 1.82) is 0 Å². The van der Waals surface area contributed by atoms with Crippen LogP contribution in [0.4, 0.5) is 0 Å². The molecule has 9 atom stereocenters. The first-order chi connectivity index (χ1) is 12.7. The molecule has 0 heterocycles. The maximum absolute atomic E-state index is 4.72. The summed E-state index contributed by atoms with van der Waals surface area (Å²) in [6, 6.07) is 1.45. The molecule has 2 nitrogen and oxygen atoms in total. The van der Waals surface area contributed by atoms with Gasteiger partial charge in [-0.3, -0.25) is 0 Å². The minimum absolute atomic E-state index is 0. The molecule has 0 saturated heterocycles. The summed E-state index contributed by atoms with van der Waals surface area (Å²) >= 11 is 0. The van der Waals surface area contributed by atoms with Crippen molar-refractivity contribution in [3.05, 3.63) is 18.6 Å². The van der Waals surface area contributed by atoms with Gasteiger partial charge in [-0.2, -0.15) is 5.92 Å². The summed E-state index contributed by atoms with van der Waals surface area (Å²) in [4.78, 5) is 4.91. The van der Waals surface area contributed by atoms with Crippen molar-refractivity contribution in [2.75, 3.05) is 28.2 Å². The number of hydrogen-bond donors (Lipinski definition) is 0. The van der Waals surface area contributed by atoms with E-state index in [2.05, 4.69) is 57.9 Å². The van der Waals surface area contributed by atoms with Crippen molar-refractivity contribution in [3.63, 3.8) is 0 Å². The topological polar surface area (TPSA) is 6.48 Å². The van der Waals surface area contributed by atoms with E-state index in [0.29, 0.717) is 17.4 Å². The molecular weight excluding hydrogens is 388 g/mol. The third-order valence-corrected chi connectivity index (χ3v) is 9.79. The van der Waals surface area contributed by atoms with Crippen molar-refractivity contribution in [2.45, 2.75) is 70.9 Å². The summed E-state index contributed by atoms with van der Waals surface area (Å²) in [5.74, 6) is 5.14. The van der Waals surface area contributed by atoms with Crippen LogP contribution in [0.3, 0.4) is 0 Å². The molecule has 0 spiro atoms. The molecule has 0 radical (unpaired) electrons. The molecule has 7 unspecified atom stereocenters. The van der Waals surface area contributed by atoms with Gasteiger partial charge >= 0.3 is 23.1 Å². The minimum atomic E-state index is 0.